The third-order valence-electron chi connectivity index (χ3n) is 26.2. The van der Waals surface area contributed by atoms with Crippen LogP contribution in [-0.4, -0.2) is 21.4 Å². The van der Waals surface area contributed by atoms with Crippen molar-refractivity contribution in [1.29, 1.82) is 0 Å². The van der Waals surface area contributed by atoms with Crippen LogP contribution in [0.4, 0.5) is 0 Å². The molecule has 0 fully saturated rings. The average molecular weight is 2020 g/mol. The van der Waals surface area contributed by atoms with Crippen LogP contribution >= 0.6 is 31.3 Å². The minimum atomic E-state index is -4.68. The molecule has 0 saturated heterocycles. The van der Waals surface area contributed by atoms with Gasteiger partial charge in [0.05, 0.1) is 0 Å². The van der Waals surface area contributed by atoms with Crippen molar-refractivity contribution in [2.24, 2.45) is 0 Å². The van der Waals surface area contributed by atoms with Gasteiger partial charge in [-0.05, 0) is 176 Å². The molecule has 4 aliphatic heterocycles. The number of benzene rings is 8. The molecular weight excluding hydrogens is 1850 g/mol. The van der Waals surface area contributed by atoms with Gasteiger partial charge in [-0.15, -0.1) is 0 Å². The number of phosphoric acid groups is 4. The van der Waals surface area contributed by atoms with Crippen LogP contribution in [-0.2, 0) is 138 Å². The zero-order valence-corrected chi connectivity index (χ0v) is 102. The predicted molar refractivity (Wildman–Crippen MR) is 569 cm³/mol. The summed E-state index contributed by atoms with van der Waals surface area (Å²) in [6.45, 7) is 103. The SMILES string of the molecule is CC(C)(C)c1cc2c(c(C(C)(C)C)c1)OP(=O)([O-])Oc1c(cc(C(C)(C)C)cc1C(C)(C)C)C2.CC(C)(C)c1cc2c(c(C(C)(C)C)c1)OP(=O)([O-])Oc1c(cc(C(C)(C)C)cc1C(C)(C)C)C2.CC(C)(C)c1cc2c(c(C(C)(C)C)c1)OP(=O)([O][Al][O]P1(=O)Oc3c(cc(C(C)(C)C)cc3C(C)(C)C)Cc3cc(C(C)(C)C)cc(C(C)(C)C)c3O1)Oc1c(cc(C(C)(C)C)cc1C(C)(C)C)C2.O.[Li+].[Na+]. The van der Waals surface area contributed by atoms with E-state index < -0.39 is 68.8 Å². The fourth-order valence-electron chi connectivity index (χ4n) is 17.3. The number of fused-ring (bicyclic) bond motifs is 8. The molecule has 0 amide bonds. The maximum absolute atomic E-state index is 15.9. The van der Waals surface area contributed by atoms with Crippen molar-refractivity contribution in [3.8, 4) is 46.0 Å². The molecule has 8 aromatic carbocycles. The molecule has 4 aliphatic rings. The molecule has 0 aromatic heterocycles. The van der Waals surface area contributed by atoms with E-state index in [1.165, 1.54) is 0 Å². The van der Waals surface area contributed by atoms with E-state index in [0.717, 1.165) is 134 Å². The van der Waals surface area contributed by atoms with E-state index >= 15 is 9.13 Å². The van der Waals surface area contributed by atoms with Crippen LogP contribution in [0, 0.1) is 0 Å². The Morgan fingerprint density at radius 3 is 0.414 bits per heavy atom. The van der Waals surface area contributed by atoms with Gasteiger partial charge < -0.3 is 58.6 Å². The van der Waals surface area contributed by atoms with Gasteiger partial charge in [0, 0.05) is 70.2 Å². The van der Waals surface area contributed by atoms with Crippen LogP contribution in [0.3, 0.4) is 0 Å². The Hall–Kier alpha value is -4.99. The third kappa shape index (κ3) is 28.9. The largest absolute Gasteiger partial charge is 1.00 e. The zero-order chi connectivity index (χ0) is 104. The zero-order valence-electron chi connectivity index (χ0n) is 95.5. The summed E-state index contributed by atoms with van der Waals surface area (Å²) < 4.78 is 121. The van der Waals surface area contributed by atoms with Gasteiger partial charge in [-0.2, -0.15) is 0 Å². The molecule has 1 radical (unpaired) electrons. The maximum atomic E-state index is 15.9. The molecule has 140 heavy (non-hydrogen) atoms. The minimum Gasteiger partial charge on any atom is -0.736 e. The van der Waals surface area contributed by atoms with Crippen molar-refractivity contribution in [3.63, 3.8) is 0 Å². The number of rotatable bonds is 4. The first-order valence-electron chi connectivity index (χ1n) is 49.1. The van der Waals surface area contributed by atoms with Gasteiger partial charge in [0.25, 0.3) is 0 Å². The molecular formula is C116H170AlLiNaO17P4. The number of phosphoric ester groups is 4. The third-order valence-corrected chi connectivity index (χ3v) is 32.2. The molecule has 4 heterocycles. The Morgan fingerprint density at radius 1 is 0.207 bits per heavy atom. The quantitative estimate of drug-likeness (QED) is 0.118. The average Bonchev–Trinajstić information content (AvgIpc) is 0.737. The Morgan fingerprint density at radius 2 is 0.314 bits per heavy atom. The van der Waals surface area contributed by atoms with E-state index in [4.69, 9.17) is 43.3 Å². The summed E-state index contributed by atoms with van der Waals surface area (Å²) in [6, 6.07) is 34.1. The van der Waals surface area contributed by atoms with Crippen LogP contribution in [0.15, 0.2) is 97.1 Å². The van der Waals surface area contributed by atoms with Crippen LogP contribution < -0.4 is 94.4 Å². The standard InChI is InChI=1S/4C29H43O4P.Al.Li.Na.H2O/c4*1-26(2,3)20-14-18-13-19-15-21(27(4,5)6)17-23(29(10,11)12)25(19)33-34(30,31)32-24(18)22(16-20)28(7,8)9;;;;/h4*14-17H,13H2,1-12H3,(H,30,31);;;;1H2/q;;;;+2;2*+1;/p-4. The molecule has 2 N–H and O–H groups in total. The van der Waals surface area contributed by atoms with E-state index in [2.05, 4.69) is 429 Å². The van der Waals surface area contributed by atoms with E-state index in [-0.39, 0.29) is 119 Å². The van der Waals surface area contributed by atoms with Gasteiger partial charge in [0.15, 0.2) is 0 Å². The normalized spacial score (nSPS) is 16.2. The second-order valence-electron chi connectivity index (χ2n) is 55.6. The smallest absolute Gasteiger partial charge is 0.736 e. The van der Waals surface area contributed by atoms with Crippen LogP contribution in [0.5, 0.6) is 46.0 Å². The second kappa shape index (κ2) is 40.5. The minimum absolute atomic E-state index is 0. The van der Waals surface area contributed by atoms with Crippen LogP contribution in [0.1, 0.15) is 466 Å². The molecule has 0 aliphatic carbocycles. The fourth-order valence-corrected chi connectivity index (χ4v) is 23.0. The maximum Gasteiger partial charge on any atom is 1.00 e. The van der Waals surface area contributed by atoms with Crippen molar-refractivity contribution in [1.82, 2.24) is 0 Å². The first-order chi connectivity index (χ1) is 61.1. The van der Waals surface area contributed by atoms with Gasteiger partial charge in [-0.3, -0.25) is 0 Å². The summed E-state index contributed by atoms with van der Waals surface area (Å²) in [4.78, 5) is 26.5. The number of hydrogen-bond acceptors (Lipinski definition) is 16. The molecule has 0 atom stereocenters. The first kappa shape index (κ1) is 122. The second-order valence-corrected chi connectivity index (χ2v) is 62.5. The molecule has 0 spiro atoms. The van der Waals surface area contributed by atoms with E-state index in [0.29, 0.717) is 71.7 Å². The van der Waals surface area contributed by atoms with E-state index in [1.54, 1.807) is 0 Å². The van der Waals surface area contributed by atoms with Crippen molar-refractivity contribution in [2.75, 3.05) is 0 Å². The molecule has 0 unspecified atom stereocenters. The van der Waals surface area contributed by atoms with Crippen molar-refractivity contribution in [3.05, 3.63) is 231 Å². The van der Waals surface area contributed by atoms with E-state index in [1.807, 2.05) is 0 Å². The Labute approximate surface area is 886 Å². The first-order valence-corrected chi connectivity index (χ1v) is 55.9. The molecule has 12 rings (SSSR count). The fraction of sp³-hybridized carbons (Fsp3) is 0.586. The van der Waals surface area contributed by atoms with Crippen molar-refractivity contribution < 1.29 is 125 Å². The molecule has 8 aromatic rings. The Kier molecular flexibility index (Phi) is 35.3. The van der Waals surface area contributed by atoms with Crippen molar-refractivity contribution in [2.45, 2.75) is 445 Å². The molecule has 17 nitrogen and oxygen atoms in total. The predicted octanol–water partition coefficient (Wildman–Crippen LogP) is 25.9. The summed E-state index contributed by atoms with van der Waals surface area (Å²) >= 11 is -1.87. The summed E-state index contributed by atoms with van der Waals surface area (Å²) in [7, 11) is -18.6. The van der Waals surface area contributed by atoms with Gasteiger partial charge in [0.1, 0.15) is 46.0 Å². The monoisotopic (exact) mass is 2020 g/mol. The van der Waals surface area contributed by atoms with Gasteiger partial charge in [-0.1, -0.05) is 429 Å². The molecule has 0 bridgehead atoms. The summed E-state index contributed by atoms with van der Waals surface area (Å²) in [5.41, 5.74) is 19.1. The van der Waals surface area contributed by atoms with Crippen LogP contribution in [0.2, 0.25) is 0 Å². The summed E-state index contributed by atoms with van der Waals surface area (Å²) in [6.07, 6.45) is 2.02. The molecule has 0 saturated carbocycles. The van der Waals surface area contributed by atoms with E-state index in [9.17, 15) is 18.9 Å². The summed E-state index contributed by atoms with van der Waals surface area (Å²) in [5.74, 6) is 3.42. The Balaban J connectivity index is 0.000000314. The van der Waals surface area contributed by atoms with Gasteiger partial charge in [0.2, 0.25) is 0 Å². The molecule has 761 valence electrons. The molecule has 24 heteroatoms. The number of hydrogen-bond donors (Lipinski definition) is 0. The topological polar surface area (TPSA) is 238 Å². The van der Waals surface area contributed by atoms with Gasteiger partial charge >= 0.3 is 95.6 Å². The van der Waals surface area contributed by atoms with Crippen LogP contribution in [0.25, 0.3) is 0 Å². The van der Waals surface area contributed by atoms with Gasteiger partial charge in [-0.25, -0.2) is 18.3 Å². The van der Waals surface area contributed by atoms with Crippen molar-refractivity contribution >= 4 is 47.2 Å². The Bertz CT molecular complexity index is 5440. The summed E-state index contributed by atoms with van der Waals surface area (Å²) in [5, 5.41) is 0.